The highest BCUT2D eigenvalue weighted by molar-refractivity contribution is 7.21. The minimum atomic E-state index is 0.820. The van der Waals surface area contributed by atoms with Gasteiger partial charge in [0.2, 0.25) is 0 Å². The number of nitrogens with zero attached hydrogens (tertiary/aromatic N) is 3. The lowest BCUT2D eigenvalue weighted by molar-refractivity contribution is 0.477. The first-order chi connectivity index (χ1) is 33.2. The molecule has 14 rings (SSSR count). The zero-order valence-corrected chi connectivity index (χ0v) is 36.7. The van der Waals surface area contributed by atoms with E-state index in [0.717, 1.165) is 111 Å². The molecule has 0 unspecified atom stereocenters. The SMILES string of the molecule is c1ccc2c(c1)Oc1ccccc1N2c1ccc2c(-c3ccc4ccccc4c3)c3cc(N4c5ccccc5Oc5ccccc54)ccc3c(-c3ccc(-c4nc5ccccc5s4)cc3)c2c1. The second-order valence-electron chi connectivity index (χ2n) is 17.1. The van der Waals surface area contributed by atoms with E-state index in [1.165, 1.54) is 21.0 Å². The molecule has 1 aromatic heterocycles. The van der Waals surface area contributed by atoms with Gasteiger partial charge in [-0.05, 0) is 146 Å². The molecule has 0 radical (unpaired) electrons. The minimum absolute atomic E-state index is 0.820. The summed E-state index contributed by atoms with van der Waals surface area (Å²) < 4.78 is 14.2. The van der Waals surface area contributed by atoms with Crippen LogP contribution < -0.4 is 19.3 Å². The van der Waals surface area contributed by atoms with Crippen molar-refractivity contribution in [2.24, 2.45) is 0 Å². The molecule has 0 saturated heterocycles. The molecule has 314 valence electrons. The van der Waals surface area contributed by atoms with Gasteiger partial charge in [-0.25, -0.2) is 4.98 Å². The van der Waals surface area contributed by atoms with Gasteiger partial charge in [0, 0.05) is 16.9 Å². The number of para-hydroxylation sites is 9. The number of aromatic nitrogens is 1. The molecule has 0 saturated carbocycles. The molecular formula is C61H37N3O2S. The Morgan fingerprint density at radius 2 is 0.791 bits per heavy atom. The molecule has 0 atom stereocenters. The number of hydrogen-bond donors (Lipinski definition) is 0. The van der Waals surface area contributed by atoms with Gasteiger partial charge in [0.15, 0.2) is 23.0 Å². The average Bonchev–Trinajstić information content (AvgIpc) is 3.83. The highest BCUT2D eigenvalue weighted by Crippen LogP contribution is 2.55. The molecular weight excluding hydrogens is 839 g/mol. The zero-order valence-electron chi connectivity index (χ0n) is 35.9. The van der Waals surface area contributed by atoms with Gasteiger partial charge < -0.3 is 19.3 Å². The van der Waals surface area contributed by atoms with E-state index in [0.29, 0.717) is 0 Å². The minimum Gasteiger partial charge on any atom is -0.453 e. The largest absolute Gasteiger partial charge is 0.453 e. The van der Waals surface area contributed by atoms with Crippen LogP contribution in [0.2, 0.25) is 0 Å². The number of anilines is 6. The standard InChI is InChI=1S/C61H37N3O2S/c1-2-14-41-35-42(30-25-38(41)13-1)60-46-34-32-43(63-50-16-4-8-20-54(50)65-55-21-9-5-17-51(55)63)36-47(46)59(39-26-28-40(29-27-39)61-62-49-15-3-12-24-58(49)67-61)45-33-31-44(37-48(45)60)64-52-18-6-10-22-56(52)66-57-23-11-7-19-53(57)64/h1-37H. The fourth-order valence-electron chi connectivity index (χ4n) is 10.2. The van der Waals surface area contributed by atoms with Crippen molar-refractivity contribution in [3.8, 4) is 55.8 Å². The van der Waals surface area contributed by atoms with Crippen molar-refractivity contribution < 1.29 is 9.47 Å². The summed E-state index contributed by atoms with van der Waals surface area (Å²) in [5.41, 5.74) is 12.8. The number of rotatable bonds is 5. The van der Waals surface area contributed by atoms with Gasteiger partial charge in [-0.2, -0.15) is 0 Å². The van der Waals surface area contributed by atoms with E-state index in [2.05, 4.69) is 186 Å². The molecule has 0 aliphatic carbocycles. The summed E-state index contributed by atoms with van der Waals surface area (Å²) in [5, 5.41) is 8.03. The fraction of sp³-hybridized carbons (Fsp3) is 0. The molecule has 6 heteroatoms. The van der Waals surface area contributed by atoms with Crippen LogP contribution in [0, 0.1) is 0 Å². The van der Waals surface area contributed by atoms with E-state index < -0.39 is 0 Å². The molecule has 0 N–H and O–H groups in total. The first kappa shape index (κ1) is 37.6. The molecule has 12 aromatic rings. The fourth-order valence-corrected chi connectivity index (χ4v) is 11.2. The Bertz CT molecular complexity index is 3850. The van der Waals surface area contributed by atoms with Gasteiger partial charge >= 0.3 is 0 Å². The summed E-state index contributed by atoms with van der Waals surface area (Å²) in [7, 11) is 0. The van der Waals surface area contributed by atoms with E-state index in [4.69, 9.17) is 14.5 Å². The van der Waals surface area contributed by atoms with Crippen LogP contribution >= 0.6 is 11.3 Å². The summed E-state index contributed by atoms with van der Waals surface area (Å²) in [5.74, 6) is 3.28. The second-order valence-corrected chi connectivity index (χ2v) is 18.1. The summed E-state index contributed by atoms with van der Waals surface area (Å²) in [6.45, 7) is 0. The molecule has 0 amide bonds. The molecule has 67 heavy (non-hydrogen) atoms. The van der Waals surface area contributed by atoms with E-state index >= 15 is 0 Å². The Morgan fingerprint density at radius 3 is 1.34 bits per heavy atom. The number of fused-ring (bicyclic) bond motifs is 8. The van der Waals surface area contributed by atoms with Crippen molar-refractivity contribution in [1.82, 2.24) is 4.98 Å². The van der Waals surface area contributed by atoms with Gasteiger partial charge in [-0.15, -0.1) is 11.3 Å². The maximum Gasteiger partial charge on any atom is 0.151 e. The van der Waals surface area contributed by atoms with Crippen LogP contribution in [0.15, 0.2) is 224 Å². The van der Waals surface area contributed by atoms with Crippen LogP contribution in [0.4, 0.5) is 34.1 Å². The number of benzene rings is 11. The van der Waals surface area contributed by atoms with Crippen LogP contribution in [0.5, 0.6) is 23.0 Å². The Balaban J connectivity index is 1.07. The molecule has 5 nitrogen and oxygen atoms in total. The molecule has 3 heterocycles. The normalized spacial score (nSPS) is 12.7. The lowest BCUT2D eigenvalue weighted by Gasteiger charge is -2.33. The van der Waals surface area contributed by atoms with Gasteiger partial charge in [0.05, 0.1) is 33.0 Å². The monoisotopic (exact) mass is 875 g/mol. The third-order valence-electron chi connectivity index (χ3n) is 13.2. The molecule has 0 bridgehead atoms. The average molecular weight is 876 g/mol. The smallest absolute Gasteiger partial charge is 0.151 e. The van der Waals surface area contributed by atoms with Crippen molar-refractivity contribution in [3.05, 3.63) is 224 Å². The maximum atomic E-state index is 6.49. The van der Waals surface area contributed by atoms with Crippen LogP contribution in [0.25, 0.3) is 75.4 Å². The van der Waals surface area contributed by atoms with Crippen molar-refractivity contribution in [2.45, 2.75) is 0 Å². The van der Waals surface area contributed by atoms with E-state index in [-0.39, 0.29) is 0 Å². The molecule has 0 fully saturated rings. The first-order valence-corrected chi connectivity index (χ1v) is 23.3. The van der Waals surface area contributed by atoms with Crippen molar-refractivity contribution in [1.29, 1.82) is 0 Å². The molecule has 2 aliphatic heterocycles. The van der Waals surface area contributed by atoms with E-state index in [1.807, 2.05) is 48.5 Å². The van der Waals surface area contributed by atoms with E-state index in [1.54, 1.807) is 11.3 Å². The first-order valence-electron chi connectivity index (χ1n) is 22.5. The van der Waals surface area contributed by atoms with Gasteiger partial charge in [-0.3, -0.25) is 0 Å². The molecule has 0 spiro atoms. The Kier molecular flexibility index (Phi) is 8.38. The van der Waals surface area contributed by atoms with Crippen molar-refractivity contribution >= 4 is 88.0 Å². The summed E-state index contributed by atoms with van der Waals surface area (Å²) >= 11 is 1.73. The Labute approximate surface area is 390 Å². The third kappa shape index (κ3) is 6.04. The van der Waals surface area contributed by atoms with Crippen LogP contribution in [-0.4, -0.2) is 4.98 Å². The number of ether oxygens (including phenoxy) is 2. The summed E-state index contributed by atoms with van der Waals surface area (Å²) in [4.78, 5) is 9.70. The highest BCUT2D eigenvalue weighted by atomic mass is 32.1. The predicted molar refractivity (Wildman–Crippen MR) is 278 cm³/mol. The van der Waals surface area contributed by atoms with Gasteiger partial charge in [0.1, 0.15) is 5.01 Å². The third-order valence-corrected chi connectivity index (χ3v) is 14.3. The molecule has 2 aliphatic rings. The maximum absolute atomic E-state index is 6.49. The second kappa shape index (κ2) is 14.9. The highest BCUT2D eigenvalue weighted by Gasteiger charge is 2.29. The lowest BCUT2D eigenvalue weighted by Crippen LogP contribution is -2.15. The molecule has 11 aromatic carbocycles. The van der Waals surface area contributed by atoms with Crippen molar-refractivity contribution in [2.75, 3.05) is 9.80 Å². The summed E-state index contributed by atoms with van der Waals surface area (Å²) in [6, 6.07) is 80.1. The lowest BCUT2D eigenvalue weighted by atomic mass is 9.84. The Hall–Kier alpha value is -8.71. The zero-order chi connectivity index (χ0) is 44.0. The van der Waals surface area contributed by atoms with Gasteiger partial charge in [-0.1, -0.05) is 133 Å². The van der Waals surface area contributed by atoms with E-state index in [9.17, 15) is 0 Å². The van der Waals surface area contributed by atoms with Crippen LogP contribution in [0.3, 0.4) is 0 Å². The van der Waals surface area contributed by atoms with Gasteiger partial charge in [0.25, 0.3) is 0 Å². The van der Waals surface area contributed by atoms with Crippen LogP contribution in [-0.2, 0) is 0 Å². The quantitative estimate of drug-likeness (QED) is 0.161. The topological polar surface area (TPSA) is 37.8 Å². The number of hydrogen-bond acceptors (Lipinski definition) is 6. The van der Waals surface area contributed by atoms with Crippen LogP contribution in [0.1, 0.15) is 0 Å². The Morgan fingerprint density at radius 1 is 0.343 bits per heavy atom. The van der Waals surface area contributed by atoms with Crippen molar-refractivity contribution in [3.63, 3.8) is 0 Å². The predicted octanol–water partition coefficient (Wildman–Crippen LogP) is 17.9. The summed E-state index contributed by atoms with van der Waals surface area (Å²) in [6.07, 6.45) is 0. The number of thiazole rings is 1.